The van der Waals surface area contributed by atoms with Crippen molar-refractivity contribution in [2.45, 2.75) is 6.10 Å². The number of rotatable bonds is 1. The van der Waals surface area contributed by atoms with Crippen molar-refractivity contribution in [1.82, 2.24) is 0 Å². The summed E-state index contributed by atoms with van der Waals surface area (Å²) in [5.41, 5.74) is 0.111. The van der Waals surface area contributed by atoms with E-state index in [1.165, 1.54) is 19.4 Å². The first-order chi connectivity index (χ1) is 5.29. The summed E-state index contributed by atoms with van der Waals surface area (Å²) in [5.74, 6) is -0.237. The predicted molar refractivity (Wildman–Crippen MR) is 38.0 cm³/mol. The van der Waals surface area contributed by atoms with E-state index in [1.807, 2.05) is 0 Å². The number of carbonyl (C=O) groups is 1. The molecule has 0 aromatic heterocycles. The van der Waals surface area contributed by atoms with Crippen LogP contribution in [0.2, 0.25) is 0 Å². The SMILES string of the molecule is COC1C(=O)C=CN=C1C#N. The fourth-order valence-electron chi connectivity index (χ4n) is 0.796. The molecular weight excluding hydrogens is 144 g/mol. The zero-order valence-electron chi connectivity index (χ0n) is 5.94. The number of nitrogens with zero attached hydrogens (tertiary/aromatic N) is 2. The van der Waals surface area contributed by atoms with Gasteiger partial charge >= 0.3 is 0 Å². The van der Waals surface area contributed by atoms with Crippen molar-refractivity contribution in [2.75, 3.05) is 7.11 Å². The maximum Gasteiger partial charge on any atom is 0.192 e. The van der Waals surface area contributed by atoms with E-state index >= 15 is 0 Å². The minimum absolute atomic E-state index is 0.111. The van der Waals surface area contributed by atoms with Crippen LogP contribution >= 0.6 is 0 Å². The average Bonchev–Trinajstić information content (AvgIpc) is 2.04. The molecule has 0 bridgehead atoms. The minimum atomic E-state index is -0.801. The van der Waals surface area contributed by atoms with Crippen molar-refractivity contribution in [1.29, 1.82) is 5.26 Å². The van der Waals surface area contributed by atoms with Crippen LogP contribution < -0.4 is 0 Å². The fraction of sp³-hybridized carbons (Fsp3) is 0.286. The van der Waals surface area contributed by atoms with E-state index in [0.29, 0.717) is 0 Å². The molecule has 1 unspecified atom stereocenters. The second-order valence-corrected chi connectivity index (χ2v) is 1.96. The molecule has 0 saturated carbocycles. The molecule has 1 atom stereocenters. The third kappa shape index (κ3) is 1.33. The number of nitriles is 1. The van der Waals surface area contributed by atoms with Gasteiger partial charge in [-0.1, -0.05) is 0 Å². The summed E-state index contributed by atoms with van der Waals surface area (Å²) in [5, 5.41) is 8.46. The van der Waals surface area contributed by atoms with Crippen LogP contribution in [0.5, 0.6) is 0 Å². The van der Waals surface area contributed by atoms with Gasteiger partial charge in [0, 0.05) is 19.4 Å². The van der Waals surface area contributed by atoms with Crippen molar-refractivity contribution in [3.05, 3.63) is 12.3 Å². The molecule has 0 N–H and O–H groups in total. The Morgan fingerprint density at radius 2 is 2.55 bits per heavy atom. The third-order valence-electron chi connectivity index (χ3n) is 1.31. The number of aliphatic imine (C=N–C) groups is 1. The molecule has 56 valence electrons. The summed E-state index contributed by atoms with van der Waals surface area (Å²) in [4.78, 5) is 14.6. The molecular formula is C7H6N2O2. The number of ether oxygens (including phenoxy) is 1. The Kier molecular flexibility index (Phi) is 2.14. The van der Waals surface area contributed by atoms with Crippen LogP contribution in [0.15, 0.2) is 17.3 Å². The van der Waals surface area contributed by atoms with E-state index in [4.69, 9.17) is 10.00 Å². The lowest BCUT2D eigenvalue weighted by Crippen LogP contribution is -2.31. The molecule has 0 saturated heterocycles. The van der Waals surface area contributed by atoms with E-state index in [-0.39, 0.29) is 11.5 Å². The predicted octanol–water partition coefficient (Wildman–Crippen LogP) is 0.0624. The Balaban J connectivity index is 2.92. The molecule has 1 rings (SSSR count). The molecule has 0 spiro atoms. The van der Waals surface area contributed by atoms with Crippen molar-refractivity contribution in [2.24, 2.45) is 4.99 Å². The molecule has 0 amide bonds. The van der Waals surface area contributed by atoms with Gasteiger partial charge in [-0.3, -0.25) is 4.79 Å². The molecule has 0 aromatic carbocycles. The van der Waals surface area contributed by atoms with Crippen LogP contribution in [0.25, 0.3) is 0 Å². The summed E-state index contributed by atoms with van der Waals surface area (Å²) in [7, 11) is 1.37. The second-order valence-electron chi connectivity index (χ2n) is 1.96. The molecule has 0 aromatic rings. The number of hydrogen-bond donors (Lipinski definition) is 0. The van der Waals surface area contributed by atoms with Gasteiger partial charge in [0.2, 0.25) is 0 Å². The van der Waals surface area contributed by atoms with E-state index in [0.717, 1.165) is 0 Å². The van der Waals surface area contributed by atoms with Gasteiger partial charge in [-0.15, -0.1) is 0 Å². The third-order valence-corrected chi connectivity index (χ3v) is 1.31. The van der Waals surface area contributed by atoms with Crippen LogP contribution in [0, 0.1) is 11.3 Å². The van der Waals surface area contributed by atoms with Gasteiger partial charge in [0.1, 0.15) is 6.07 Å². The molecule has 1 aliphatic rings. The Hall–Kier alpha value is -1.47. The highest BCUT2D eigenvalue weighted by atomic mass is 16.5. The maximum atomic E-state index is 11.0. The van der Waals surface area contributed by atoms with Gasteiger partial charge < -0.3 is 4.74 Å². The van der Waals surface area contributed by atoms with E-state index in [2.05, 4.69) is 4.99 Å². The first-order valence-corrected chi connectivity index (χ1v) is 3.00. The highest BCUT2D eigenvalue weighted by molar-refractivity contribution is 6.19. The highest BCUT2D eigenvalue weighted by Crippen LogP contribution is 2.03. The van der Waals surface area contributed by atoms with Gasteiger partial charge in [0.25, 0.3) is 0 Å². The normalized spacial score (nSPS) is 22.7. The number of methoxy groups -OCH3 is 1. The maximum absolute atomic E-state index is 11.0. The number of ketones is 1. The molecule has 1 heterocycles. The summed E-state index contributed by atoms with van der Waals surface area (Å²) < 4.78 is 4.75. The summed E-state index contributed by atoms with van der Waals surface area (Å²) in [6, 6.07) is 1.79. The lowest BCUT2D eigenvalue weighted by molar-refractivity contribution is -0.120. The van der Waals surface area contributed by atoms with E-state index in [1.54, 1.807) is 6.07 Å². The molecule has 1 aliphatic heterocycles. The van der Waals surface area contributed by atoms with Gasteiger partial charge in [0.05, 0.1) is 0 Å². The molecule has 0 aliphatic carbocycles. The zero-order valence-corrected chi connectivity index (χ0v) is 5.94. The Morgan fingerprint density at radius 3 is 3.00 bits per heavy atom. The molecule has 11 heavy (non-hydrogen) atoms. The van der Waals surface area contributed by atoms with E-state index < -0.39 is 6.10 Å². The van der Waals surface area contributed by atoms with Crippen molar-refractivity contribution >= 4 is 11.5 Å². The van der Waals surface area contributed by atoms with Crippen molar-refractivity contribution < 1.29 is 9.53 Å². The molecule has 0 radical (unpaired) electrons. The standard InChI is InChI=1S/C7H6N2O2/c1-11-7-5(4-8)9-3-2-6(7)10/h2-3,7H,1H3. The number of hydrogen-bond acceptors (Lipinski definition) is 4. The van der Waals surface area contributed by atoms with E-state index in [9.17, 15) is 4.79 Å². The van der Waals surface area contributed by atoms with Gasteiger partial charge in [-0.25, -0.2) is 4.99 Å². The van der Waals surface area contributed by atoms with Crippen molar-refractivity contribution in [3.63, 3.8) is 0 Å². The smallest absolute Gasteiger partial charge is 0.192 e. The van der Waals surface area contributed by atoms with Gasteiger partial charge in [-0.2, -0.15) is 5.26 Å². The summed E-state index contributed by atoms with van der Waals surface area (Å²) in [6.45, 7) is 0. The van der Waals surface area contributed by atoms with Crippen molar-refractivity contribution in [3.8, 4) is 6.07 Å². The van der Waals surface area contributed by atoms with Crippen LogP contribution in [0.1, 0.15) is 0 Å². The van der Waals surface area contributed by atoms with Crippen LogP contribution in [-0.4, -0.2) is 24.7 Å². The summed E-state index contributed by atoms with van der Waals surface area (Å²) >= 11 is 0. The van der Waals surface area contributed by atoms with Crippen LogP contribution in [0.4, 0.5) is 0 Å². The van der Waals surface area contributed by atoms with Gasteiger partial charge in [-0.05, 0) is 0 Å². The monoisotopic (exact) mass is 150 g/mol. The highest BCUT2D eigenvalue weighted by Gasteiger charge is 2.23. The number of carbonyl (C=O) groups excluding carboxylic acids is 1. The first kappa shape index (κ1) is 7.63. The Morgan fingerprint density at radius 1 is 1.82 bits per heavy atom. The molecule has 0 fully saturated rings. The molecule has 4 heteroatoms. The average molecular weight is 150 g/mol. The fourth-order valence-corrected chi connectivity index (χ4v) is 0.796. The quantitative estimate of drug-likeness (QED) is 0.531. The Labute approximate surface area is 63.8 Å². The summed E-state index contributed by atoms with van der Waals surface area (Å²) in [6.07, 6.45) is 1.79. The first-order valence-electron chi connectivity index (χ1n) is 3.00. The largest absolute Gasteiger partial charge is 0.366 e. The van der Waals surface area contributed by atoms with Crippen LogP contribution in [-0.2, 0) is 9.53 Å². The van der Waals surface area contributed by atoms with Crippen LogP contribution in [0.3, 0.4) is 0 Å². The zero-order chi connectivity index (χ0) is 8.27. The minimum Gasteiger partial charge on any atom is -0.366 e. The second kappa shape index (κ2) is 3.08. The topological polar surface area (TPSA) is 62.4 Å². The lowest BCUT2D eigenvalue weighted by Gasteiger charge is -2.11. The lowest BCUT2D eigenvalue weighted by atomic mass is 10.1. The molecule has 4 nitrogen and oxygen atoms in total. The Bertz CT molecular complexity index is 273. The van der Waals surface area contributed by atoms with Gasteiger partial charge in [0.15, 0.2) is 17.6 Å².